The zero-order valence-corrected chi connectivity index (χ0v) is 14.8. The molecule has 3 aromatic rings. The molecule has 0 N–H and O–H groups in total. The zero-order valence-electron chi connectivity index (χ0n) is 14.8. The normalized spacial score (nSPS) is 25.1. The Balaban J connectivity index is 1.66. The molecule has 8 nitrogen and oxygen atoms in total. The topological polar surface area (TPSA) is 100 Å². The van der Waals surface area contributed by atoms with Crippen LogP contribution in [0.15, 0.2) is 37.2 Å². The van der Waals surface area contributed by atoms with Crippen molar-refractivity contribution in [1.29, 1.82) is 5.26 Å². The molecule has 0 radical (unpaired) electrons. The first-order valence-electron chi connectivity index (χ1n) is 8.98. The van der Waals surface area contributed by atoms with Gasteiger partial charge in [-0.1, -0.05) is 6.92 Å². The van der Waals surface area contributed by atoms with E-state index >= 15 is 0 Å². The Labute approximate surface area is 155 Å². The number of amides is 1. The van der Waals surface area contributed by atoms with Crippen LogP contribution in [0, 0.1) is 28.6 Å². The number of hydrogen-bond donors (Lipinski definition) is 0. The number of fused-ring (bicyclic) bond motifs is 1. The maximum Gasteiger partial charge on any atom is 0.249 e. The van der Waals surface area contributed by atoms with Gasteiger partial charge in [0.2, 0.25) is 5.91 Å². The lowest BCUT2D eigenvalue weighted by Gasteiger charge is -2.23. The third-order valence-corrected chi connectivity index (χ3v) is 5.72. The van der Waals surface area contributed by atoms with Gasteiger partial charge in [0.05, 0.1) is 24.2 Å². The van der Waals surface area contributed by atoms with Gasteiger partial charge >= 0.3 is 0 Å². The highest BCUT2D eigenvalue weighted by Gasteiger charge is 2.61. The Morgan fingerprint density at radius 1 is 1.30 bits per heavy atom. The maximum atomic E-state index is 13.4. The van der Waals surface area contributed by atoms with Gasteiger partial charge in [0.25, 0.3) is 0 Å². The van der Waals surface area contributed by atoms with Crippen LogP contribution in [0.1, 0.15) is 19.8 Å². The molecule has 1 saturated heterocycles. The Morgan fingerprint density at radius 2 is 2.07 bits per heavy atom. The first-order valence-corrected chi connectivity index (χ1v) is 8.98. The zero-order chi connectivity index (χ0) is 18.6. The van der Waals surface area contributed by atoms with Crippen LogP contribution in [-0.2, 0) is 4.79 Å². The molecular weight excluding hydrogens is 342 g/mol. The second kappa shape index (κ2) is 5.58. The SMILES string of the molecule is C[C@@H]1CN(c2nc(-c3cncnc3)cn3nccc23)C(=O)[C@]1(C#N)C1CC1. The molecule has 2 fully saturated rings. The third-order valence-electron chi connectivity index (χ3n) is 5.72. The van der Waals surface area contributed by atoms with Crippen LogP contribution in [-0.4, -0.2) is 37.0 Å². The summed E-state index contributed by atoms with van der Waals surface area (Å²) in [6.45, 7) is 2.47. The summed E-state index contributed by atoms with van der Waals surface area (Å²) < 4.78 is 1.70. The van der Waals surface area contributed by atoms with E-state index in [1.807, 2.05) is 13.0 Å². The fourth-order valence-electron chi connectivity index (χ4n) is 4.16. The van der Waals surface area contributed by atoms with Crippen molar-refractivity contribution in [1.82, 2.24) is 24.6 Å². The summed E-state index contributed by atoms with van der Waals surface area (Å²) in [5.74, 6) is 0.498. The van der Waals surface area contributed by atoms with Crippen molar-refractivity contribution in [2.45, 2.75) is 19.8 Å². The number of nitriles is 1. The molecular formula is C19H17N7O. The molecule has 0 bridgehead atoms. The summed E-state index contributed by atoms with van der Waals surface area (Å²) in [5.41, 5.74) is 1.17. The van der Waals surface area contributed by atoms with Crippen molar-refractivity contribution in [3.63, 3.8) is 0 Å². The van der Waals surface area contributed by atoms with E-state index in [1.165, 1.54) is 6.33 Å². The smallest absolute Gasteiger partial charge is 0.249 e. The molecule has 3 aromatic heterocycles. The second-order valence-corrected chi connectivity index (χ2v) is 7.31. The van der Waals surface area contributed by atoms with Crippen LogP contribution in [0.4, 0.5) is 5.82 Å². The van der Waals surface area contributed by atoms with E-state index in [4.69, 9.17) is 4.98 Å². The van der Waals surface area contributed by atoms with Gasteiger partial charge in [0.1, 0.15) is 17.3 Å². The Kier molecular flexibility index (Phi) is 3.28. The summed E-state index contributed by atoms with van der Waals surface area (Å²) in [5, 5.41) is 14.2. The minimum Gasteiger partial charge on any atom is -0.293 e. The van der Waals surface area contributed by atoms with Gasteiger partial charge < -0.3 is 0 Å². The van der Waals surface area contributed by atoms with Gasteiger partial charge in [-0.25, -0.2) is 19.5 Å². The van der Waals surface area contributed by atoms with Crippen LogP contribution >= 0.6 is 0 Å². The van der Waals surface area contributed by atoms with Crippen molar-refractivity contribution in [2.75, 3.05) is 11.4 Å². The Hall–Kier alpha value is -3.34. The fourth-order valence-corrected chi connectivity index (χ4v) is 4.16. The fraction of sp³-hybridized carbons (Fsp3) is 0.368. The standard InChI is InChI=1S/C19H17N7O/c1-12-8-25(18(27)19(12,10-20)14-2-3-14)17-16-4-5-23-26(16)9-15(24-17)13-6-21-11-22-7-13/h4-7,9,11-12,14H,2-3,8H2,1H3/t12-,19+/m1/s1. The number of anilines is 1. The van der Waals surface area contributed by atoms with Crippen molar-refractivity contribution >= 4 is 17.2 Å². The monoisotopic (exact) mass is 359 g/mol. The molecule has 0 unspecified atom stereocenters. The summed E-state index contributed by atoms with van der Waals surface area (Å²) in [7, 11) is 0. The lowest BCUT2D eigenvalue weighted by Crippen LogP contribution is -2.37. The number of carbonyl (C=O) groups excluding carboxylic acids is 1. The molecule has 0 aromatic carbocycles. The van der Waals surface area contributed by atoms with Crippen molar-refractivity contribution in [2.24, 2.45) is 17.3 Å². The van der Waals surface area contributed by atoms with E-state index in [0.717, 1.165) is 23.9 Å². The van der Waals surface area contributed by atoms with Crippen LogP contribution in [0.5, 0.6) is 0 Å². The molecule has 5 rings (SSSR count). The molecule has 1 amide bonds. The first-order chi connectivity index (χ1) is 13.1. The van der Waals surface area contributed by atoms with Crippen LogP contribution in [0.25, 0.3) is 16.8 Å². The number of hydrogen-bond acceptors (Lipinski definition) is 6. The van der Waals surface area contributed by atoms with E-state index in [9.17, 15) is 10.1 Å². The van der Waals surface area contributed by atoms with Crippen LogP contribution in [0.3, 0.4) is 0 Å². The minimum absolute atomic E-state index is 0.0454. The van der Waals surface area contributed by atoms with E-state index < -0.39 is 5.41 Å². The molecule has 1 aliphatic carbocycles. The molecule has 27 heavy (non-hydrogen) atoms. The number of carbonyl (C=O) groups is 1. The average molecular weight is 359 g/mol. The summed E-state index contributed by atoms with van der Waals surface area (Å²) in [6, 6.07) is 4.19. The number of aromatic nitrogens is 5. The Bertz CT molecular complexity index is 1080. The summed E-state index contributed by atoms with van der Waals surface area (Å²) in [6.07, 6.45) is 10.1. The van der Waals surface area contributed by atoms with Gasteiger partial charge in [-0.3, -0.25) is 9.69 Å². The maximum absolute atomic E-state index is 13.4. The van der Waals surface area contributed by atoms with Crippen LogP contribution < -0.4 is 4.90 Å². The van der Waals surface area contributed by atoms with Gasteiger partial charge in [0, 0.05) is 30.4 Å². The predicted molar refractivity (Wildman–Crippen MR) is 96.3 cm³/mol. The predicted octanol–water partition coefficient (Wildman–Crippen LogP) is 2.09. The molecule has 8 heteroatoms. The summed E-state index contributed by atoms with van der Waals surface area (Å²) >= 11 is 0. The first kappa shape index (κ1) is 15.9. The van der Waals surface area contributed by atoms with Crippen molar-refractivity contribution in [3.05, 3.63) is 37.2 Å². The number of nitrogens with zero attached hydrogens (tertiary/aromatic N) is 7. The van der Waals surface area contributed by atoms with Gasteiger partial charge in [-0.15, -0.1) is 0 Å². The summed E-state index contributed by atoms with van der Waals surface area (Å²) in [4.78, 5) is 27.9. The quantitative estimate of drug-likeness (QED) is 0.710. The molecule has 2 aliphatic rings. The highest BCUT2D eigenvalue weighted by Crippen LogP contribution is 2.54. The lowest BCUT2D eigenvalue weighted by atomic mass is 9.75. The average Bonchev–Trinajstić information content (AvgIpc) is 3.37. The minimum atomic E-state index is -0.940. The molecule has 4 heterocycles. The van der Waals surface area contributed by atoms with Gasteiger partial charge in [-0.05, 0) is 24.8 Å². The third kappa shape index (κ3) is 2.18. The van der Waals surface area contributed by atoms with E-state index in [1.54, 1.807) is 34.2 Å². The highest BCUT2D eigenvalue weighted by molar-refractivity contribution is 6.04. The van der Waals surface area contributed by atoms with E-state index in [2.05, 4.69) is 21.1 Å². The lowest BCUT2D eigenvalue weighted by molar-refractivity contribution is -0.124. The largest absolute Gasteiger partial charge is 0.293 e. The Morgan fingerprint density at radius 3 is 2.78 bits per heavy atom. The molecule has 134 valence electrons. The molecule has 0 spiro atoms. The number of rotatable bonds is 3. The molecule has 1 saturated carbocycles. The molecule has 2 atom stereocenters. The van der Waals surface area contributed by atoms with Gasteiger partial charge in [0.15, 0.2) is 5.82 Å². The molecule has 1 aliphatic heterocycles. The highest BCUT2D eigenvalue weighted by atomic mass is 16.2. The van der Waals surface area contributed by atoms with Gasteiger partial charge in [-0.2, -0.15) is 10.4 Å². The van der Waals surface area contributed by atoms with Crippen LogP contribution in [0.2, 0.25) is 0 Å². The second-order valence-electron chi connectivity index (χ2n) is 7.31. The van der Waals surface area contributed by atoms with E-state index in [-0.39, 0.29) is 17.7 Å². The van der Waals surface area contributed by atoms with Crippen molar-refractivity contribution < 1.29 is 4.79 Å². The van der Waals surface area contributed by atoms with E-state index in [0.29, 0.717) is 18.1 Å². The van der Waals surface area contributed by atoms with Crippen molar-refractivity contribution in [3.8, 4) is 17.3 Å².